The molecule has 0 aliphatic carbocycles. The van der Waals surface area contributed by atoms with Crippen LogP contribution in [0.15, 0.2) is 48.5 Å². The molecule has 0 aliphatic heterocycles. The fourth-order valence-electron chi connectivity index (χ4n) is 2.20. The number of benzene rings is 2. The number of carbonyl (C=O) groups is 1. The van der Waals surface area contributed by atoms with Gasteiger partial charge in [0.05, 0.1) is 6.61 Å². The highest BCUT2D eigenvalue weighted by atomic mass is 16.3. The van der Waals surface area contributed by atoms with Crippen LogP contribution in [0.5, 0.6) is 0 Å². The summed E-state index contributed by atoms with van der Waals surface area (Å²) < 4.78 is 0. The zero-order valence-corrected chi connectivity index (χ0v) is 12.3. The lowest BCUT2D eigenvalue weighted by Crippen LogP contribution is -2.31. The minimum Gasteiger partial charge on any atom is -0.392 e. The van der Waals surface area contributed by atoms with Crippen molar-refractivity contribution in [3.63, 3.8) is 0 Å². The van der Waals surface area contributed by atoms with Crippen molar-refractivity contribution < 1.29 is 15.0 Å². The van der Waals surface area contributed by atoms with E-state index in [-0.39, 0.29) is 12.4 Å². The van der Waals surface area contributed by atoms with E-state index in [0.29, 0.717) is 5.56 Å². The lowest BCUT2D eigenvalue weighted by atomic mass is 9.95. The van der Waals surface area contributed by atoms with Crippen LogP contribution in [-0.2, 0) is 13.0 Å². The van der Waals surface area contributed by atoms with E-state index in [4.69, 9.17) is 5.11 Å². The lowest BCUT2D eigenvalue weighted by molar-refractivity contribution is 0.0488. The second kappa shape index (κ2) is 6.20. The maximum atomic E-state index is 11.9. The van der Waals surface area contributed by atoms with Gasteiger partial charge < -0.3 is 10.2 Å². The molecule has 21 heavy (non-hydrogen) atoms. The number of rotatable bonds is 5. The Hall–Kier alpha value is -1.97. The number of hydrogen-bond donors (Lipinski definition) is 2. The summed E-state index contributed by atoms with van der Waals surface area (Å²) in [4.78, 5) is 11.9. The molecule has 3 heteroatoms. The van der Waals surface area contributed by atoms with Crippen molar-refractivity contribution in [3.8, 4) is 0 Å². The van der Waals surface area contributed by atoms with Gasteiger partial charge >= 0.3 is 0 Å². The molecule has 0 spiro atoms. The maximum absolute atomic E-state index is 11.9. The fraction of sp³-hybridized carbons (Fsp3) is 0.278. The minimum atomic E-state index is -1.35. The van der Waals surface area contributed by atoms with Gasteiger partial charge in [0.1, 0.15) is 5.60 Å². The van der Waals surface area contributed by atoms with E-state index in [1.54, 1.807) is 12.1 Å². The van der Waals surface area contributed by atoms with Crippen LogP contribution in [0.25, 0.3) is 0 Å². The fourth-order valence-corrected chi connectivity index (χ4v) is 2.20. The Bertz CT molecular complexity index is 622. The summed E-state index contributed by atoms with van der Waals surface area (Å²) in [5.74, 6) is -0.281. The molecule has 0 atom stereocenters. The van der Waals surface area contributed by atoms with Crippen molar-refractivity contribution in [1.82, 2.24) is 0 Å². The first-order valence-electron chi connectivity index (χ1n) is 6.95. The molecule has 2 N–H and O–H groups in total. The zero-order valence-electron chi connectivity index (χ0n) is 12.3. The van der Waals surface area contributed by atoms with Crippen molar-refractivity contribution in [2.45, 2.75) is 32.5 Å². The molecule has 2 aromatic carbocycles. The molecule has 2 rings (SSSR count). The molecule has 0 saturated carbocycles. The standard InChI is InChI=1S/C18H20O3/c1-18(2,21)17(20)16-8-6-13(7-9-16)10-14-4-3-5-15(11-14)12-19/h3-9,11,19,21H,10,12H2,1-2H3. The Labute approximate surface area is 124 Å². The molecule has 110 valence electrons. The van der Waals surface area contributed by atoms with Crippen molar-refractivity contribution in [2.24, 2.45) is 0 Å². The zero-order chi connectivity index (χ0) is 15.5. The Morgan fingerprint density at radius 1 is 1.00 bits per heavy atom. The monoisotopic (exact) mass is 284 g/mol. The maximum Gasteiger partial charge on any atom is 0.193 e. The number of aliphatic hydroxyl groups is 2. The Kier molecular flexibility index (Phi) is 4.56. The molecule has 3 nitrogen and oxygen atoms in total. The Morgan fingerprint density at radius 3 is 2.19 bits per heavy atom. The van der Waals surface area contributed by atoms with Crippen molar-refractivity contribution in [1.29, 1.82) is 0 Å². The summed E-state index contributed by atoms with van der Waals surface area (Å²) in [5.41, 5.74) is 2.24. The van der Waals surface area contributed by atoms with Crippen LogP contribution < -0.4 is 0 Å². The molecule has 0 aromatic heterocycles. The topological polar surface area (TPSA) is 57.5 Å². The van der Waals surface area contributed by atoms with Crippen LogP contribution in [0, 0.1) is 0 Å². The summed E-state index contributed by atoms with van der Waals surface area (Å²) in [6.45, 7) is 3.01. The van der Waals surface area contributed by atoms with Crippen LogP contribution >= 0.6 is 0 Å². The second-order valence-corrected chi connectivity index (χ2v) is 5.74. The van der Waals surface area contributed by atoms with E-state index in [1.165, 1.54) is 13.8 Å². The van der Waals surface area contributed by atoms with Gasteiger partial charge in [-0.2, -0.15) is 0 Å². The highest BCUT2D eigenvalue weighted by Gasteiger charge is 2.24. The highest BCUT2D eigenvalue weighted by Crippen LogP contribution is 2.16. The molecule has 0 bridgehead atoms. The molecule has 0 amide bonds. The van der Waals surface area contributed by atoms with E-state index in [9.17, 15) is 9.90 Å². The molecule has 2 aromatic rings. The van der Waals surface area contributed by atoms with Gasteiger partial charge in [-0.05, 0) is 37.0 Å². The van der Waals surface area contributed by atoms with Gasteiger partial charge in [0, 0.05) is 5.56 Å². The summed E-state index contributed by atoms with van der Waals surface area (Å²) in [6.07, 6.45) is 0.741. The third-order valence-electron chi connectivity index (χ3n) is 3.35. The average molecular weight is 284 g/mol. The summed E-state index contributed by atoms with van der Waals surface area (Å²) in [7, 11) is 0. The molecule has 0 radical (unpaired) electrons. The number of hydrogen-bond acceptors (Lipinski definition) is 3. The molecular weight excluding hydrogens is 264 g/mol. The number of aliphatic hydroxyl groups excluding tert-OH is 1. The summed E-state index contributed by atoms with van der Waals surface area (Å²) in [6, 6.07) is 15.1. The Morgan fingerprint density at radius 2 is 1.62 bits per heavy atom. The Balaban J connectivity index is 2.14. The van der Waals surface area contributed by atoms with Crippen molar-refractivity contribution in [2.75, 3.05) is 0 Å². The summed E-state index contributed by atoms with van der Waals surface area (Å²) in [5, 5.41) is 18.9. The van der Waals surface area contributed by atoms with E-state index in [2.05, 4.69) is 0 Å². The lowest BCUT2D eigenvalue weighted by Gasteiger charge is -2.15. The van der Waals surface area contributed by atoms with E-state index < -0.39 is 5.60 Å². The molecule has 0 fully saturated rings. The quantitative estimate of drug-likeness (QED) is 0.830. The van der Waals surface area contributed by atoms with Crippen LogP contribution in [0.1, 0.15) is 40.9 Å². The van der Waals surface area contributed by atoms with Crippen LogP contribution in [0.4, 0.5) is 0 Å². The van der Waals surface area contributed by atoms with Gasteiger partial charge in [-0.3, -0.25) is 4.79 Å². The van der Waals surface area contributed by atoms with Gasteiger partial charge in [-0.15, -0.1) is 0 Å². The largest absolute Gasteiger partial charge is 0.392 e. The van der Waals surface area contributed by atoms with Gasteiger partial charge in [0.25, 0.3) is 0 Å². The molecule has 0 aliphatic rings. The van der Waals surface area contributed by atoms with Gasteiger partial charge in [0.15, 0.2) is 5.78 Å². The average Bonchev–Trinajstić information content (AvgIpc) is 2.46. The van der Waals surface area contributed by atoms with Gasteiger partial charge in [-0.1, -0.05) is 48.5 Å². The number of carbonyl (C=O) groups excluding carboxylic acids is 1. The van der Waals surface area contributed by atoms with Crippen LogP contribution in [-0.4, -0.2) is 21.6 Å². The van der Waals surface area contributed by atoms with E-state index >= 15 is 0 Å². The molecular formula is C18H20O3. The number of ketones is 1. The third-order valence-corrected chi connectivity index (χ3v) is 3.35. The first-order chi connectivity index (χ1) is 9.90. The molecule has 0 unspecified atom stereocenters. The third kappa shape index (κ3) is 4.00. The smallest absolute Gasteiger partial charge is 0.193 e. The highest BCUT2D eigenvalue weighted by molar-refractivity contribution is 6.01. The summed E-state index contributed by atoms with van der Waals surface area (Å²) >= 11 is 0. The normalized spacial score (nSPS) is 11.4. The first kappa shape index (κ1) is 15.4. The molecule has 0 heterocycles. The van der Waals surface area contributed by atoms with E-state index in [1.807, 2.05) is 36.4 Å². The van der Waals surface area contributed by atoms with Crippen LogP contribution in [0.2, 0.25) is 0 Å². The predicted molar refractivity (Wildman–Crippen MR) is 82.2 cm³/mol. The second-order valence-electron chi connectivity index (χ2n) is 5.74. The van der Waals surface area contributed by atoms with Crippen molar-refractivity contribution in [3.05, 3.63) is 70.8 Å². The first-order valence-corrected chi connectivity index (χ1v) is 6.95. The van der Waals surface area contributed by atoms with E-state index in [0.717, 1.165) is 23.1 Å². The molecule has 0 saturated heterocycles. The minimum absolute atomic E-state index is 0.0346. The van der Waals surface area contributed by atoms with Crippen LogP contribution in [0.3, 0.4) is 0 Å². The number of Topliss-reactive ketones (excluding diaryl/α,β-unsaturated/α-hetero) is 1. The SMILES string of the molecule is CC(C)(O)C(=O)c1ccc(Cc2cccc(CO)c2)cc1. The van der Waals surface area contributed by atoms with Crippen molar-refractivity contribution >= 4 is 5.78 Å². The predicted octanol–water partition coefficient (Wildman–Crippen LogP) is 2.72. The van der Waals surface area contributed by atoms with Gasteiger partial charge in [-0.25, -0.2) is 0 Å². The van der Waals surface area contributed by atoms with Gasteiger partial charge in [0.2, 0.25) is 0 Å².